The number of amidine groups is 1. The molecular formula is C19H19F4N5O2. The molecule has 0 saturated heterocycles. The van der Waals surface area contributed by atoms with Crippen LogP contribution < -0.4 is 15.8 Å². The van der Waals surface area contributed by atoms with Gasteiger partial charge in [0.25, 0.3) is 5.91 Å². The first-order valence-electron chi connectivity index (χ1n) is 10.2. The predicted octanol–water partition coefficient (Wildman–Crippen LogP) is 3.06. The lowest BCUT2D eigenvalue weighted by molar-refractivity contribution is 0.102. The number of anilines is 1. The summed E-state index contributed by atoms with van der Waals surface area (Å²) in [5.74, 6) is -4.46. The Kier molecular flexibility index (Phi) is 4.63. The molecule has 1 amide bonds. The lowest BCUT2D eigenvalue weighted by Crippen LogP contribution is -2.48. The van der Waals surface area contributed by atoms with E-state index >= 15 is 0 Å². The summed E-state index contributed by atoms with van der Waals surface area (Å²) in [7, 11) is -2.76. The minimum Gasteiger partial charge on any atom is -0.480 e. The summed E-state index contributed by atoms with van der Waals surface area (Å²) in [5.41, 5.74) is 0.826. The lowest BCUT2D eigenvalue weighted by atomic mass is 9.80. The van der Waals surface area contributed by atoms with Crippen molar-refractivity contribution < 1.29 is 31.2 Å². The van der Waals surface area contributed by atoms with Crippen molar-refractivity contribution in [2.75, 3.05) is 19.0 Å². The Balaban J connectivity index is 1.87. The van der Waals surface area contributed by atoms with E-state index in [0.717, 1.165) is 24.5 Å². The van der Waals surface area contributed by atoms with Gasteiger partial charge in [0, 0.05) is 17.3 Å². The average Bonchev–Trinajstić information content (AvgIpc) is 2.73. The van der Waals surface area contributed by atoms with Crippen LogP contribution in [0.25, 0.3) is 0 Å². The van der Waals surface area contributed by atoms with Crippen LogP contribution in [0.4, 0.5) is 23.2 Å². The Hall–Kier alpha value is -3.24. The van der Waals surface area contributed by atoms with Gasteiger partial charge in [0.1, 0.15) is 18.2 Å². The van der Waals surface area contributed by atoms with Gasteiger partial charge in [-0.2, -0.15) is 0 Å². The molecular weight excluding hydrogens is 406 g/mol. The SMILES string of the molecule is [2H]C([2H])([2H])Oc1cnc(C(=O)Nc2cc(F)c(F)c([C@]3(C)CC[C@@](F)(CF)C(N)=N3)c2)cn1. The second-order valence-electron chi connectivity index (χ2n) is 6.99. The van der Waals surface area contributed by atoms with E-state index < -0.39 is 54.7 Å². The van der Waals surface area contributed by atoms with Gasteiger partial charge in [-0.1, -0.05) is 0 Å². The molecule has 7 nitrogen and oxygen atoms in total. The standard InChI is InChI=1S/C19H19F4N5O2/c1-18(3-4-19(23,9-20)17(24)28-18)11-5-10(6-12(21)15(11)22)27-16(29)13-7-26-14(30-2)8-25-13/h5-8H,3-4,9H2,1-2H3,(H2,24,28)(H,27,29)/t18-,19+/m0/s1/i2D3. The van der Waals surface area contributed by atoms with E-state index in [1.165, 1.54) is 6.92 Å². The number of benzene rings is 1. The molecule has 0 aliphatic carbocycles. The van der Waals surface area contributed by atoms with Gasteiger partial charge < -0.3 is 15.8 Å². The van der Waals surface area contributed by atoms with Crippen molar-refractivity contribution in [3.8, 4) is 5.88 Å². The normalized spacial score (nSPS) is 25.5. The number of carbonyl (C=O) groups excluding carboxylic acids is 1. The smallest absolute Gasteiger partial charge is 0.275 e. The summed E-state index contributed by atoms with van der Waals surface area (Å²) in [4.78, 5) is 23.7. The van der Waals surface area contributed by atoms with E-state index in [2.05, 4.69) is 25.0 Å². The highest BCUT2D eigenvalue weighted by Gasteiger charge is 2.45. The van der Waals surface area contributed by atoms with Crippen LogP contribution in [0.1, 0.15) is 39.9 Å². The van der Waals surface area contributed by atoms with Gasteiger partial charge >= 0.3 is 0 Å². The molecule has 3 N–H and O–H groups in total. The van der Waals surface area contributed by atoms with E-state index in [9.17, 15) is 22.4 Å². The van der Waals surface area contributed by atoms with Gasteiger partial charge in [-0.3, -0.25) is 9.79 Å². The number of hydrogen-bond donors (Lipinski definition) is 2. The van der Waals surface area contributed by atoms with Crippen molar-refractivity contribution in [1.29, 1.82) is 0 Å². The highest BCUT2D eigenvalue weighted by Crippen LogP contribution is 2.41. The predicted molar refractivity (Wildman–Crippen MR) is 101 cm³/mol. The van der Waals surface area contributed by atoms with Crippen molar-refractivity contribution in [1.82, 2.24) is 9.97 Å². The van der Waals surface area contributed by atoms with E-state index in [1.807, 2.05) is 0 Å². The summed E-state index contributed by atoms with van der Waals surface area (Å²) in [6.07, 6.45) is 1.28. The molecule has 1 aliphatic heterocycles. The zero-order valence-corrected chi connectivity index (χ0v) is 15.7. The molecule has 30 heavy (non-hydrogen) atoms. The van der Waals surface area contributed by atoms with Crippen molar-refractivity contribution in [2.45, 2.75) is 31.0 Å². The molecule has 1 aromatic carbocycles. The fourth-order valence-corrected chi connectivity index (χ4v) is 3.06. The maximum Gasteiger partial charge on any atom is 0.275 e. The largest absolute Gasteiger partial charge is 0.480 e. The Morgan fingerprint density at radius 3 is 2.70 bits per heavy atom. The molecule has 0 radical (unpaired) electrons. The van der Waals surface area contributed by atoms with Gasteiger partial charge in [-0.25, -0.2) is 27.5 Å². The van der Waals surface area contributed by atoms with E-state index in [0.29, 0.717) is 0 Å². The van der Waals surface area contributed by atoms with E-state index in [4.69, 9.17) is 9.85 Å². The first-order valence-corrected chi connectivity index (χ1v) is 8.69. The molecule has 0 fully saturated rings. The summed E-state index contributed by atoms with van der Waals surface area (Å²) in [6, 6.07) is 1.82. The number of hydrogen-bond acceptors (Lipinski definition) is 6. The first kappa shape index (κ1) is 17.6. The molecule has 11 heteroatoms. The molecule has 0 unspecified atom stereocenters. The molecule has 0 saturated carbocycles. The first-order chi connectivity index (χ1) is 15.3. The topological polar surface area (TPSA) is 102 Å². The van der Waals surface area contributed by atoms with Gasteiger partial charge in [-0.15, -0.1) is 0 Å². The fourth-order valence-electron chi connectivity index (χ4n) is 3.06. The molecule has 160 valence electrons. The quantitative estimate of drug-likeness (QED) is 0.713. The van der Waals surface area contributed by atoms with Crippen LogP contribution in [-0.2, 0) is 5.54 Å². The number of nitrogens with one attached hydrogen (secondary N) is 1. The zero-order valence-electron chi connectivity index (χ0n) is 18.7. The Labute approximate surface area is 173 Å². The van der Waals surface area contributed by atoms with E-state index in [-0.39, 0.29) is 29.2 Å². The van der Waals surface area contributed by atoms with Crippen LogP contribution in [0.3, 0.4) is 0 Å². The number of rotatable bonds is 5. The number of carbonyl (C=O) groups is 1. The van der Waals surface area contributed by atoms with Crippen LogP contribution in [-0.4, -0.2) is 41.1 Å². The fraction of sp³-hybridized carbons (Fsp3) is 0.368. The molecule has 1 aromatic heterocycles. The van der Waals surface area contributed by atoms with Crippen LogP contribution in [0.5, 0.6) is 5.88 Å². The number of aliphatic imine (C=N–C) groups is 1. The van der Waals surface area contributed by atoms with Crippen LogP contribution >= 0.6 is 0 Å². The number of nitrogens with two attached hydrogens (primary N) is 1. The second kappa shape index (κ2) is 7.88. The summed E-state index contributed by atoms with van der Waals surface area (Å²) in [6.45, 7) is -0.0150. The monoisotopic (exact) mass is 428 g/mol. The third-order valence-corrected chi connectivity index (χ3v) is 4.88. The van der Waals surface area contributed by atoms with Gasteiger partial charge in [0.05, 0.1) is 29.1 Å². The molecule has 2 atom stereocenters. The third-order valence-electron chi connectivity index (χ3n) is 4.88. The molecule has 0 bridgehead atoms. The minimum absolute atomic E-state index is 0.168. The van der Waals surface area contributed by atoms with Gasteiger partial charge in [0.15, 0.2) is 17.3 Å². The van der Waals surface area contributed by atoms with Crippen LogP contribution in [0, 0.1) is 11.6 Å². The highest BCUT2D eigenvalue weighted by atomic mass is 19.2. The number of halogens is 4. The molecule has 2 heterocycles. The van der Waals surface area contributed by atoms with Gasteiger partial charge in [0.2, 0.25) is 5.88 Å². The Morgan fingerprint density at radius 1 is 1.33 bits per heavy atom. The minimum atomic E-state index is -2.76. The van der Waals surface area contributed by atoms with Crippen LogP contribution in [0.15, 0.2) is 29.5 Å². The molecule has 3 rings (SSSR count). The van der Waals surface area contributed by atoms with Crippen molar-refractivity contribution in [2.24, 2.45) is 10.7 Å². The second-order valence-corrected chi connectivity index (χ2v) is 6.99. The molecule has 1 aliphatic rings. The maximum atomic E-state index is 14.6. The third kappa shape index (κ3) is 3.91. The van der Waals surface area contributed by atoms with Crippen molar-refractivity contribution in [3.05, 3.63) is 47.4 Å². The summed E-state index contributed by atoms with van der Waals surface area (Å²) < 4.78 is 81.9. The van der Waals surface area contributed by atoms with Gasteiger partial charge in [-0.05, 0) is 25.8 Å². The number of methoxy groups -OCH3 is 1. The summed E-state index contributed by atoms with van der Waals surface area (Å²) in [5, 5.41) is 2.32. The Morgan fingerprint density at radius 2 is 2.10 bits per heavy atom. The average molecular weight is 428 g/mol. The molecule has 2 aromatic rings. The number of aromatic nitrogens is 2. The number of ether oxygens (including phenoxy) is 1. The van der Waals surface area contributed by atoms with Crippen LogP contribution in [0.2, 0.25) is 0 Å². The maximum absolute atomic E-state index is 14.6. The number of amides is 1. The number of nitrogens with zero attached hydrogens (tertiary/aromatic N) is 3. The van der Waals surface area contributed by atoms with Crippen molar-refractivity contribution >= 4 is 17.4 Å². The zero-order chi connectivity index (χ0) is 24.6. The summed E-state index contributed by atoms with van der Waals surface area (Å²) >= 11 is 0. The number of alkyl halides is 2. The highest BCUT2D eigenvalue weighted by molar-refractivity contribution is 6.02. The van der Waals surface area contributed by atoms with Crippen molar-refractivity contribution in [3.63, 3.8) is 0 Å². The lowest BCUT2D eigenvalue weighted by Gasteiger charge is -2.36. The molecule has 0 spiro atoms. The Bertz CT molecular complexity index is 1100. The van der Waals surface area contributed by atoms with E-state index in [1.54, 1.807) is 0 Å².